The molecule has 2 heterocycles. The number of hydrogen-bond acceptors (Lipinski definition) is 3. The zero-order valence-electron chi connectivity index (χ0n) is 12.1. The molecule has 4 heteroatoms. The summed E-state index contributed by atoms with van der Waals surface area (Å²) >= 11 is 0. The number of carboxylic acid groups (broad SMARTS) is 1. The number of aliphatic carboxylic acids is 1. The first-order valence-corrected chi connectivity index (χ1v) is 7.13. The third kappa shape index (κ3) is 4.23. The summed E-state index contributed by atoms with van der Waals surface area (Å²) in [6, 6.07) is 4.12. The van der Waals surface area contributed by atoms with Gasteiger partial charge in [-0.1, -0.05) is 20.8 Å². The van der Waals surface area contributed by atoms with Crippen LogP contribution in [0, 0.1) is 5.92 Å². The van der Waals surface area contributed by atoms with Gasteiger partial charge in [0.1, 0.15) is 0 Å². The fourth-order valence-electron chi connectivity index (χ4n) is 2.20. The van der Waals surface area contributed by atoms with Gasteiger partial charge >= 0.3 is 5.97 Å². The summed E-state index contributed by atoms with van der Waals surface area (Å²) in [6.45, 7) is 7.70. The highest BCUT2D eigenvalue weighted by Gasteiger charge is 2.24. The zero-order valence-corrected chi connectivity index (χ0v) is 12.1. The second kappa shape index (κ2) is 7.77. The van der Waals surface area contributed by atoms with Crippen LogP contribution in [0.3, 0.4) is 0 Å². The second-order valence-corrected chi connectivity index (χ2v) is 4.46. The van der Waals surface area contributed by atoms with Gasteiger partial charge < -0.3 is 10.0 Å². The Kier molecular flexibility index (Phi) is 6.33. The van der Waals surface area contributed by atoms with Crippen molar-refractivity contribution in [2.24, 2.45) is 5.92 Å². The van der Waals surface area contributed by atoms with Crippen molar-refractivity contribution in [1.82, 2.24) is 4.98 Å². The number of piperidine rings is 1. The molecule has 1 aromatic heterocycles. The highest BCUT2D eigenvalue weighted by molar-refractivity contribution is 5.70. The number of carboxylic acids is 1. The first kappa shape index (κ1) is 15.5. The van der Waals surface area contributed by atoms with Crippen molar-refractivity contribution in [1.29, 1.82) is 0 Å². The summed E-state index contributed by atoms with van der Waals surface area (Å²) < 4.78 is 0. The Morgan fingerprint density at radius 3 is 2.42 bits per heavy atom. The van der Waals surface area contributed by atoms with Crippen molar-refractivity contribution in [2.75, 3.05) is 18.0 Å². The number of hydrogen-bond donors (Lipinski definition) is 1. The van der Waals surface area contributed by atoms with Gasteiger partial charge in [-0.05, 0) is 31.4 Å². The normalized spacial score (nSPS) is 15.6. The van der Waals surface area contributed by atoms with E-state index in [-0.39, 0.29) is 5.92 Å². The van der Waals surface area contributed by atoms with Gasteiger partial charge in [-0.2, -0.15) is 0 Å². The minimum Gasteiger partial charge on any atom is -0.481 e. The molecule has 1 N–H and O–H groups in total. The van der Waals surface area contributed by atoms with Crippen molar-refractivity contribution in [3.63, 3.8) is 0 Å². The molecule has 0 atom stereocenters. The third-order valence-corrected chi connectivity index (χ3v) is 3.38. The van der Waals surface area contributed by atoms with Gasteiger partial charge in [0, 0.05) is 18.8 Å². The lowest BCUT2D eigenvalue weighted by molar-refractivity contribution is -0.142. The predicted octanol–water partition coefficient (Wildman–Crippen LogP) is 2.97. The zero-order chi connectivity index (χ0) is 14.3. The highest BCUT2D eigenvalue weighted by atomic mass is 16.4. The van der Waals surface area contributed by atoms with Crippen molar-refractivity contribution < 1.29 is 9.90 Å². The first-order chi connectivity index (χ1) is 9.20. The largest absolute Gasteiger partial charge is 0.481 e. The topological polar surface area (TPSA) is 53.4 Å². The van der Waals surface area contributed by atoms with Gasteiger partial charge in [-0.25, -0.2) is 0 Å². The maximum absolute atomic E-state index is 10.9. The number of aromatic nitrogens is 1. The van der Waals surface area contributed by atoms with E-state index >= 15 is 0 Å². The molecule has 0 amide bonds. The Balaban J connectivity index is 0.000000861. The van der Waals surface area contributed by atoms with E-state index in [0.717, 1.165) is 43.7 Å². The Morgan fingerprint density at radius 1 is 1.37 bits per heavy atom. The number of pyridine rings is 1. The van der Waals surface area contributed by atoms with Gasteiger partial charge in [0.15, 0.2) is 0 Å². The molecule has 0 saturated carbocycles. The quantitative estimate of drug-likeness (QED) is 0.912. The van der Waals surface area contributed by atoms with Crippen LogP contribution in [-0.4, -0.2) is 29.1 Å². The summed E-state index contributed by atoms with van der Waals surface area (Å²) in [6.07, 6.45) is 4.29. The van der Waals surface area contributed by atoms with E-state index in [4.69, 9.17) is 5.11 Å². The Labute approximate surface area is 115 Å². The molecule has 0 aromatic carbocycles. The molecule has 4 nitrogen and oxygen atoms in total. The van der Waals surface area contributed by atoms with Crippen LogP contribution >= 0.6 is 0 Å². The molecule has 19 heavy (non-hydrogen) atoms. The number of anilines is 1. The molecule has 1 fully saturated rings. The predicted molar refractivity (Wildman–Crippen MR) is 77.5 cm³/mol. The lowest BCUT2D eigenvalue weighted by Gasteiger charge is -2.31. The smallest absolute Gasteiger partial charge is 0.306 e. The van der Waals surface area contributed by atoms with Crippen molar-refractivity contribution in [3.8, 4) is 0 Å². The van der Waals surface area contributed by atoms with Crippen molar-refractivity contribution in [3.05, 3.63) is 24.0 Å². The van der Waals surface area contributed by atoms with Gasteiger partial charge in [0.05, 0.1) is 17.8 Å². The van der Waals surface area contributed by atoms with Gasteiger partial charge in [-0.15, -0.1) is 0 Å². The standard InChI is InChI=1S/C13H18N2O2.C2H6/c1-2-11-3-4-12(9-14-11)15-7-5-10(6-8-15)13(16)17;1-2/h3-4,9-10H,2,5-8H2,1H3,(H,16,17);1-2H3. The fraction of sp³-hybridized carbons (Fsp3) is 0.600. The van der Waals surface area contributed by atoms with Crippen LogP contribution in [0.4, 0.5) is 5.69 Å². The first-order valence-electron chi connectivity index (χ1n) is 7.13. The third-order valence-electron chi connectivity index (χ3n) is 3.38. The minimum atomic E-state index is -0.663. The van der Waals surface area contributed by atoms with Gasteiger partial charge in [-0.3, -0.25) is 9.78 Å². The lowest BCUT2D eigenvalue weighted by atomic mass is 9.97. The Hall–Kier alpha value is -1.58. The molecular weight excluding hydrogens is 240 g/mol. The summed E-state index contributed by atoms with van der Waals surface area (Å²) in [5.41, 5.74) is 2.19. The lowest BCUT2D eigenvalue weighted by Crippen LogP contribution is -2.36. The summed E-state index contributed by atoms with van der Waals surface area (Å²) in [4.78, 5) is 17.4. The Morgan fingerprint density at radius 2 is 2.00 bits per heavy atom. The van der Waals surface area contributed by atoms with Gasteiger partial charge in [0.2, 0.25) is 0 Å². The van der Waals surface area contributed by atoms with E-state index in [1.54, 1.807) is 0 Å². The molecule has 0 radical (unpaired) electrons. The molecule has 1 aliphatic rings. The summed E-state index contributed by atoms with van der Waals surface area (Å²) in [7, 11) is 0. The van der Waals surface area contributed by atoms with E-state index in [0.29, 0.717) is 0 Å². The number of rotatable bonds is 3. The summed E-state index contributed by atoms with van der Waals surface area (Å²) in [5, 5.41) is 8.93. The average Bonchev–Trinajstić information content (AvgIpc) is 2.49. The molecule has 0 bridgehead atoms. The van der Waals surface area contributed by atoms with E-state index in [2.05, 4.69) is 22.9 Å². The van der Waals surface area contributed by atoms with Crippen molar-refractivity contribution >= 4 is 11.7 Å². The van der Waals surface area contributed by atoms with Gasteiger partial charge in [0.25, 0.3) is 0 Å². The molecule has 1 aliphatic heterocycles. The maximum atomic E-state index is 10.9. The van der Waals surface area contributed by atoms with E-state index in [9.17, 15) is 4.79 Å². The SMILES string of the molecule is CC.CCc1ccc(N2CCC(C(=O)O)CC2)cn1. The molecule has 106 valence electrons. The van der Waals surface area contributed by atoms with E-state index in [1.165, 1.54) is 0 Å². The van der Waals surface area contributed by atoms with Crippen LogP contribution < -0.4 is 4.90 Å². The van der Waals surface area contributed by atoms with Crippen LogP contribution in [0.15, 0.2) is 18.3 Å². The van der Waals surface area contributed by atoms with Crippen LogP contribution in [0.5, 0.6) is 0 Å². The van der Waals surface area contributed by atoms with E-state index < -0.39 is 5.97 Å². The molecular formula is C15H24N2O2. The highest BCUT2D eigenvalue weighted by Crippen LogP contribution is 2.22. The molecule has 2 rings (SSSR count). The van der Waals surface area contributed by atoms with Crippen LogP contribution in [0.1, 0.15) is 39.3 Å². The van der Waals surface area contributed by atoms with E-state index in [1.807, 2.05) is 26.1 Å². The molecule has 0 spiro atoms. The monoisotopic (exact) mass is 264 g/mol. The number of aryl methyl sites for hydroxylation is 1. The minimum absolute atomic E-state index is 0.172. The maximum Gasteiger partial charge on any atom is 0.306 e. The number of carbonyl (C=O) groups is 1. The Bertz CT molecular complexity index is 382. The molecule has 1 aromatic rings. The van der Waals surface area contributed by atoms with Crippen LogP contribution in [0.2, 0.25) is 0 Å². The van der Waals surface area contributed by atoms with Crippen LogP contribution in [0.25, 0.3) is 0 Å². The molecule has 0 aliphatic carbocycles. The van der Waals surface area contributed by atoms with Crippen LogP contribution in [-0.2, 0) is 11.2 Å². The number of nitrogens with zero attached hydrogens (tertiary/aromatic N) is 2. The van der Waals surface area contributed by atoms with Crippen molar-refractivity contribution in [2.45, 2.75) is 40.0 Å². The second-order valence-electron chi connectivity index (χ2n) is 4.46. The summed E-state index contributed by atoms with van der Waals surface area (Å²) in [5.74, 6) is -0.835. The average molecular weight is 264 g/mol. The molecule has 0 unspecified atom stereocenters. The molecule has 1 saturated heterocycles. The fourth-order valence-corrected chi connectivity index (χ4v) is 2.20.